The van der Waals surface area contributed by atoms with Crippen molar-refractivity contribution in [2.24, 2.45) is 0 Å². The molecule has 1 aromatic carbocycles. The number of likely N-dealkylation sites (N-methyl/N-ethyl adjacent to an activating group) is 1. The van der Waals surface area contributed by atoms with Gasteiger partial charge in [-0.1, -0.05) is 16.4 Å². The molecule has 11 nitrogen and oxygen atoms in total. The molecule has 1 fully saturated rings. The first kappa shape index (κ1) is 23.2. The van der Waals surface area contributed by atoms with Crippen molar-refractivity contribution in [1.82, 2.24) is 25.8 Å². The fourth-order valence-corrected chi connectivity index (χ4v) is 3.64. The first-order valence-corrected chi connectivity index (χ1v) is 10.9. The van der Waals surface area contributed by atoms with Crippen molar-refractivity contribution in [3.8, 4) is 11.3 Å². The van der Waals surface area contributed by atoms with Crippen LogP contribution in [0.15, 0.2) is 45.6 Å². The Morgan fingerprint density at radius 1 is 1.09 bits per heavy atom. The van der Waals surface area contributed by atoms with Crippen molar-refractivity contribution in [2.75, 3.05) is 56.5 Å². The van der Waals surface area contributed by atoms with Gasteiger partial charge in [0, 0.05) is 43.9 Å². The van der Waals surface area contributed by atoms with E-state index >= 15 is 0 Å². The van der Waals surface area contributed by atoms with Gasteiger partial charge in [0.15, 0.2) is 11.6 Å². The zero-order chi connectivity index (χ0) is 23.9. The van der Waals surface area contributed by atoms with E-state index < -0.39 is 0 Å². The highest BCUT2D eigenvalue weighted by atomic mass is 19.1. The van der Waals surface area contributed by atoms with Gasteiger partial charge in [-0.2, -0.15) is 0 Å². The van der Waals surface area contributed by atoms with Gasteiger partial charge in [0.25, 0.3) is 0 Å². The predicted molar refractivity (Wildman–Crippen MR) is 121 cm³/mol. The second-order valence-corrected chi connectivity index (χ2v) is 7.76. The molecule has 0 unspecified atom stereocenters. The zero-order valence-corrected chi connectivity index (χ0v) is 18.7. The molecule has 0 radical (unpaired) electrons. The highest BCUT2D eigenvalue weighted by Gasteiger charge is 2.23. The second kappa shape index (κ2) is 10.8. The summed E-state index contributed by atoms with van der Waals surface area (Å²) in [6.45, 7) is 2.37. The number of benzene rings is 1. The topological polar surface area (TPSA) is 129 Å². The lowest BCUT2D eigenvalue weighted by Gasteiger charge is -2.36. The minimum absolute atomic E-state index is 0.0443. The number of nitrogens with zero attached hydrogens (tertiary/aromatic N) is 4. The Labute approximate surface area is 195 Å². The molecule has 3 N–H and O–H groups in total. The van der Waals surface area contributed by atoms with Gasteiger partial charge in [-0.3, -0.25) is 9.59 Å². The highest BCUT2D eigenvalue weighted by molar-refractivity contribution is 5.85. The van der Waals surface area contributed by atoms with Gasteiger partial charge in [-0.25, -0.2) is 4.39 Å². The molecule has 1 aliphatic rings. The fraction of sp³-hybridized carbons (Fsp3) is 0.364. The molecule has 4 rings (SSSR count). The molecule has 0 saturated carbocycles. The largest absolute Gasteiger partial charge is 0.366 e. The number of anilines is 2. The average molecular weight is 471 g/mol. The molecule has 0 atom stereocenters. The third-order valence-electron chi connectivity index (χ3n) is 5.43. The Balaban J connectivity index is 1.31. The van der Waals surface area contributed by atoms with Crippen LogP contribution in [0.5, 0.6) is 0 Å². The maximum Gasteiger partial charge on any atom is 0.242 e. The van der Waals surface area contributed by atoms with Crippen molar-refractivity contribution in [2.45, 2.75) is 6.54 Å². The van der Waals surface area contributed by atoms with Crippen molar-refractivity contribution in [3.63, 3.8) is 0 Å². The lowest BCUT2D eigenvalue weighted by atomic mass is 10.1. The van der Waals surface area contributed by atoms with Crippen molar-refractivity contribution >= 4 is 23.3 Å². The van der Waals surface area contributed by atoms with Gasteiger partial charge in [0.2, 0.25) is 11.8 Å². The maximum absolute atomic E-state index is 14.9. The van der Waals surface area contributed by atoms with Crippen LogP contribution in [0.2, 0.25) is 0 Å². The Morgan fingerprint density at radius 2 is 1.91 bits per heavy atom. The summed E-state index contributed by atoms with van der Waals surface area (Å²) in [5.41, 5.74) is 1.59. The third-order valence-corrected chi connectivity index (χ3v) is 5.43. The van der Waals surface area contributed by atoms with Gasteiger partial charge >= 0.3 is 0 Å². The van der Waals surface area contributed by atoms with Crippen LogP contribution in [0.25, 0.3) is 11.3 Å². The highest BCUT2D eigenvalue weighted by Crippen LogP contribution is 2.27. The van der Waals surface area contributed by atoms with Crippen LogP contribution < -0.4 is 20.9 Å². The fourth-order valence-electron chi connectivity index (χ4n) is 3.64. The molecule has 2 amide bonds. The summed E-state index contributed by atoms with van der Waals surface area (Å²) in [5, 5.41) is 16.1. The van der Waals surface area contributed by atoms with E-state index in [4.69, 9.17) is 9.05 Å². The molecule has 180 valence electrons. The van der Waals surface area contributed by atoms with E-state index in [2.05, 4.69) is 26.3 Å². The molecule has 0 bridgehead atoms. The van der Waals surface area contributed by atoms with Crippen LogP contribution in [0.3, 0.4) is 0 Å². The summed E-state index contributed by atoms with van der Waals surface area (Å²) < 4.78 is 25.0. The zero-order valence-electron chi connectivity index (χ0n) is 18.7. The minimum atomic E-state index is -0.373. The first-order valence-electron chi connectivity index (χ1n) is 10.9. The minimum Gasteiger partial charge on any atom is -0.366 e. The number of aromatic nitrogens is 2. The third kappa shape index (κ3) is 5.70. The number of hydrogen-bond acceptors (Lipinski definition) is 9. The number of halogens is 1. The van der Waals surface area contributed by atoms with Gasteiger partial charge in [0.05, 0.1) is 25.3 Å². The summed E-state index contributed by atoms with van der Waals surface area (Å²) in [6, 6.07) is 8.35. The molecular formula is C22H26FN7O4. The predicted octanol–water partition coefficient (Wildman–Crippen LogP) is 1.06. The molecule has 1 aliphatic heterocycles. The number of piperazine rings is 1. The van der Waals surface area contributed by atoms with Crippen molar-refractivity contribution in [3.05, 3.63) is 48.2 Å². The Bertz CT molecular complexity index is 1110. The van der Waals surface area contributed by atoms with Gasteiger partial charge in [-0.15, -0.1) is 0 Å². The molecule has 1 saturated heterocycles. The number of rotatable bonds is 9. The van der Waals surface area contributed by atoms with Crippen LogP contribution in [-0.2, 0) is 16.1 Å². The molecule has 2 aromatic heterocycles. The van der Waals surface area contributed by atoms with Gasteiger partial charge in [0.1, 0.15) is 17.8 Å². The van der Waals surface area contributed by atoms with Crippen LogP contribution >= 0.6 is 0 Å². The summed E-state index contributed by atoms with van der Waals surface area (Å²) >= 11 is 0. The van der Waals surface area contributed by atoms with Crippen LogP contribution in [-0.4, -0.2) is 73.3 Å². The molecule has 0 spiro atoms. The van der Waals surface area contributed by atoms with E-state index in [1.165, 1.54) is 12.3 Å². The first-order chi connectivity index (χ1) is 16.5. The Kier molecular flexibility index (Phi) is 7.38. The lowest BCUT2D eigenvalue weighted by molar-refractivity contribution is -0.132. The molecular weight excluding hydrogens is 445 g/mol. The van der Waals surface area contributed by atoms with E-state index in [1.807, 2.05) is 4.90 Å². The molecule has 0 aliphatic carbocycles. The molecule has 34 heavy (non-hydrogen) atoms. The van der Waals surface area contributed by atoms with Crippen LogP contribution in [0.4, 0.5) is 15.9 Å². The number of carbonyl (C=O) groups is 2. The van der Waals surface area contributed by atoms with E-state index in [9.17, 15) is 14.0 Å². The van der Waals surface area contributed by atoms with E-state index in [0.29, 0.717) is 61.2 Å². The second-order valence-electron chi connectivity index (χ2n) is 7.76. The van der Waals surface area contributed by atoms with E-state index in [-0.39, 0.29) is 30.7 Å². The summed E-state index contributed by atoms with van der Waals surface area (Å²) in [7, 11) is 1.66. The summed E-state index contributed by atoms with van der Waals surface area (Å²) in [5.74, 6) is 0.392. The number of hydrogen-bond donors (Lipinski definition) is 3. The average Bonchev–Trinajstić information content (AvgIpc) is 3.54. The van der Waals surface area contributed by atoms with Gasteiger partial charge in [-0.05, 0) is 19.2 Å². The standard InChI is InChI=1S/C22H26FN7O4/c1-24-13-21(31)26-14-22(32)30-7-5-29(6-8-30)19-3-2-15(10-17(19)23)18-11-16(34-27-18)12-25-20-4-9-33-28-20/h2-4,9-11,24H,5-8,12-14H2,1H3,(H,25,28)(H,26,31). The quantitative estimate of drug-likeness (QED) is 0.420. The molecule has 3 heterocycles. The number of nitrogens with one attached hydrogen (secondary N) is 3. The van der Waals surface area contributed by atoms with E-state index in [0.717, 1.165) is 0 Å². The molecule has 3 aromatic rings. The normalized spacial score (nSPS) is 13.7. The van der Waals surface area contributed by atoms with Crippen LogP contribution in [0.1, 0.15) is 5.76 Å². The van der Waals surface area contributed by atoms with Crippen molar-refractivity contribution < 1.29 is 23.0 Å². The van der Waals surface area contributed by atoms with E-state index in [1.54, 1.807) is 36.2 Å². The van der Waals surface area contributed by atoms with Gasteiger partial charge < -0.3 is 34.8 Å². The Morgan fingerprint density at radius 3 is 2.62 bits per heavy atom. The van der Waals surface area contributed by atoms with Crippen molar-refractivity contribution in [1.29, 1.82) is 0 Å². The lowest BCUT2D eigenvalue weighted by Crippen LogP contribution is -2.51. The number of carbonyl (C=O) groups excluding carboxylic acids is 2. The SMILES string of the molecule is CNCC(=O)NCC(=O)N1CCN(c2ccc(-c3cc(CNc4ccon4)on3)cc2F)CC1. The summed E-state index contributed by atoms with van der Waals surface area (Å²) in [4.78, 5) is 27.4. The van der Waals surface area contributed by atoms with Crippen LogP contribution in [0, 0.1) is 5.82 Å². The monoisotopic (exact) mass is 471 g/mol. The smallest absolute Gasteiger partial charge is 0.242 e. The summed E-state index contributed by atoms with van der Waals surface area (Å²) in [6.07, 6.45) is 1.46. The number of amides is 2. The molecule has 12 heteroatoms. The Hall–Kier alpha value is -3.93. The maximum atomic E-state index is 14.9.